The number of nitrogens with zero attached hydrogens (tertiary/aromatic N) is 1. The number of amides is 1. The SMILES string of the molecule is CC1CN(C(=O)C2C(C)CCCC2N)CC(CO)O1. The van der Waals surface area contributed by atoms with Crippen molar-refractivity contribution in [3.63, 3.8) is 0 Å². The van der Waals surface area contributed by atoms with Crippen molar-refractivity contribution >= 4 is 5.91 Å². The van der Waals surface area contributed by atoms with Gasteiger partial charge in [0, 0.05) is 19.1 Å². The number of hydrogen-bond acceptors (Lipinski definition) is 4. The van der Waals surface area contributed by atoms with Gasteiger partial charge in [0.25, 0.3) is 0 Å². The first-order valence-corrected chi connectivity index (χ1v) is 7.33. The van der Waals surface area contributed by atoms with Gasteiger partial charge in [-0.25, -0.2) is 0 Å². The Labute approximate surface area is 115 Å². The molecule has 0 aromatic rings. The average Bonchev–Trinajstić information content (AvgIpc) is 2.37. The highest BCUT2D eigenvalue weighted by Gasteiger charge is 2.38. The van der Waals surface area contributed by atoms with Crippen molar-refractivity contribution in [2.24, 2.45) is 17.6 Å². The molecule has 1 heterocycles. The fraction of sp³-hybridized carbons (Fsp3) is 0.929. The second-order valence-corrected chi connectivity index (χ2v) is 6.09. The zero-order valence-corrected chi connectivity index (χ0v) is 11.9. The molecule has 1 amide bonds. The van der Waals surface area contributed by atoms with Crippen molar-refractivity contribution in [2.75, 3.05) is 19.7 Å². The highest BCUT2D eigenvalue weighted by atomic mass is 16.5. The van der Waals surface area contributed by atoms with Crippen molar-refractivity contribution in [1.29, 1.82) is 0 Å². The van der Waals surface area contributed by atoms with Crippen LogP contribution in [0.15, 0.2) is 0 Å². The van der Waals surface area contributed by atoms with Gasteiger partial charge in [-0.3, -0.25) is 4.79 Å². The lowest BCUT2D eigenvalue weighted by molar-refractivity contribution is -0.154. The predicted molar refractivity (Wildman–Crippen MR) is 72.5 cm³/mol. The van der Waals surface area contributed by atoms with E-state index in [1.807, 2.05) is 11.8 Å². The van der Waals surface area contributed by atoms with Gasteiger partial charge >= 0.3 is 0 Å². The summed E-state index contributed by atoms with van der Waals surface area (Å²) in [6, 6.07) is -0.0259. The first kappa shape index (κ1) is 14.8. The summed E-state index contributed by atoms with van der Waals surface area (Å²) in [6.07, 6.45) is 2.84. The minimum atomic E-state index is -0.261. The third kappa shape index (κ3) is 3.27. The summed E-state index contributed by atoms with van der Waals surface area (Å²) in [5, 5.41) is 9.24. The number of carbonyl (C=O) groups excluding carboxylic acids is 1. The summed E-state index contributed by atoms with van der Waals surface area (Å²) >= 11 is 0. The number of morpholine rings is 1. The third-order valence-electron chi connectivity index (χ3n) is 4.40. The molecule has 0 radical (unpaired) electrons. The van der Waals surface area contributed by atoms with Gasteiger partial charge in [-0.1, -0.05) is 13.3 Å². The maximum absolute atomic E-state index is 12.7. The molecule has 110 valence electrons. The summed E-state index contributed by atoms with van der Waals surface area (Å²) in [4.78, 5) is 14.5. The molecule has 5 atom stereocenters. The molecule has 1 aliphatic carbocycles. The van der Waals surface area contributed by atoms with Crippen LogP contribution in [-0.2, 0) is 9.53 Å². The fourth-order valence-corrected chi connectivity index (χ4v) is 3.42. The molecule has 1 saturated heterocycles. The van der Waals surface area contributed by atoms with Crippen LogP contribution in [0.2, 0.25) is 0 Å². The average molecular weight is 270 g/mol. The van der Waals surface area contributed by atoms with E-state index in [0.717, 1.165) is 19.3 Å². The maximum Gasteiger partial charge on any atom is 0.227 e. The Hall–Kier alpha value is -0.650. The number of aliphatic hydroxyl groups excluding tert-OH is 1. The standard InChI is InChI=1S/C14H26N2O3/c1-9-4-3-5-12(15)13(9)14(18)16-6-10(2)19-11(7-16)8-17/h9-13,17H,3-8,15H2,1-2H3. The lowest BCUT2D eigenvalue weighted by Crippen LogP contribution is -2.55. The van der Waals surface area contributed by atoms with Crippen LogP contribution >= 0.6 is 0 Å². The van der Waals surface area contributed by atoms with Gasteiger partial charge in [0.15, 0.2) is 0 Å². The lowest BCUT2D eigenvalue weighted by atomic mass is 9.76. The molecule has 5 nitrogen and oxygen atoms in total. The summed E-state index contributed by atoms with van der Waals surface area (Å²) in [6.45, 7) is 5.10. The summed E-state index contributed by atoms with van der Waals surface area (Å²) < 4.78 is 5.58. The number of nitrogens with two attached hydrogens (primary N) is 1. The van der Waals surface area contributed by atoms with Gasteiger partial charge in [0.05, 0.1) is 24.7 Å². The van der Waals surface area contributed by atoms with Crippen molar-refractivity contribution in [3.8, 4) is 0 Å². The molecule has 5 heteroatoms. The zero-order valence-electron chi connectivity index (χ0n) is 11.9. The van der Waals surface area contributed by atoms with Crippen LogP contribution < -0.4 is 5.73 Å². The predicted octanol–water partition coefficient (Wildman–Crippen LogP) is 0.358. The molecular weight excluding hydrogens is 244 g/mol. The van der Waals surface area contributed by atoms with E-state index in [1.165, 1.54) is 0 Å². The largest absolute Gasteiger partial charge is 0.394 e. The second kappa shape index (κ2) is 6.20. The van der Waals surface area contributed by atoms with E-state index in [4.69, 9.17) is 10.5 Å². The quantitative estimate of drug-likeness (QED) is 0.759. The third-order valence-corrected chi connectivity index (χ3v) is 4.40. The summed E-state index contributed by atoms with van der Waals surface area (Å²) in [5.74, 6) is 0.425. The molecule has 19 heavy (non-hydrogen) atoms. The molecule has 0 aromatic heterocycles. The van der Waals surface area contributed by atoms with E-state index in [0.29, 0.717) is 19.0 Å². The number of ether oxygens (including phenoxy) is 1. The lowest BCUT2D eigenvalue weighted by Gasteiger charge is -2.41. The van der Waals surface area contributed by atoms with E-state index in [-0.39, 0.29) is 36.7 Å². The Morgan fingerprint density at radius 2 is 2.11 bits per heavy atom. The monoisotopic (exact) mass is 270 g/mol. The van der Waals surface area contributed by atoms with E-state index < -0.39 is 0 Å². The number of rotatable bonds is 2. The first-order chi connectivity index (χ1) is 9.02. The van der Waals surface area contributed by atoms with E-state index in [2.05, 4.69) is 6.92 Å². The zero-order chi connectivity index (χ0) is 14.0. The number of aliphatic hydroxyl groups is 1. The van der Waals surface area contributed by atoms with Crippen molar-refractivity contribution in [1.82, 2.24) is 4.90 Å². The Balaban J connectivity index is 2.05. The maximum atomic E-state index is 12.7. The van der Waals surface area contributed by atoms with Crippen LogP contribution in [-0.4, -0.2) is 53.9 Å². The molecule has 1 saturated carbocycles. The van der Waals surface area contributed by atoms with Crippen molar-refractivity contribution in [2.45, 2.75) is 51.4 Å². The van der Waals surface area contributed by atoms with Crippen molar-refractivity contribution in [3.05, 3.63) is 0 Å². The minimum absolute atomic E-state index is 0.0232. The Morgan fingerprint density at radius 3 is 2.74 bits per heavy atom. The van der Waals surface area contributed by atoms with Gasteiger partial charge in [-0.05, 0) is 25.7 Å². The fourth-order valence-electron chi connectivity index (χ4n) is 3.42. The van der Waals surface area contributed by atoms with E-state index in [1.54, 1.807) is 0 Å². The summed E-state index contributed by atoms with van der Waals surface area (Å²) in [7, 11) is 0. The molecular formula is C14H26N2O3. The van der Waals surface area contributed by atoms with Crippen LogP contribution in [0.1, 0.15) is 33.1 Å². The van der Waals surface area contributed by atoms with Gasteiger partial charge in [0.2, 0.25) is 5.91 Å². The van der Waals surface area contributed by atoms with Crippen LogP contribution in [0.3, 0.4) is 0 Å². The first-order valence-electron chi connectivity index (χ1n) is 7.33. The highest BCUT2D eigenvalue weighted by molar-refractivity contribution is 5.80. The molecule has 5 unspecified atom stereocenters. The molecule has 2 aliphatic rings. The van der Waals surface area contributed by atoms with Crippen LogP contribution in [0.25, 0.3) is 0 Å². The van der Waals surface area contributed by atoms with E-state index in [9.17, 15) is 9.90 Å². The van der Waals surface area contributed by atoms with Gasteiger partial charge in [-0.2, -0.15) is 0 Å². The van der Waals surface area contributed by atoms with Gasteiger partial charge in [-0.15, -0.1) is 0 Å². The van der Waals surface area contributed by atoms with Crippen LogP contribution in [0.4, 0.5) is 0 Å². The van der Waals surface area contributed by atoms with Crippen molar-refractivity contribution < 1.29 is 14.6 Å². The van der Waals surface area contributed by atoms with Crippen LogP contribution in [0.5, 0.6) is 0 Å². The molecule has 2 rings (SSSR count). The number of carbonyl (C=O) groups is 1. The molecule has 0 spiro atoms. The Kier molecular flexibility index (Phi) is 4.81. The van der Waals surface area contributed by atoms with E-state index >= 15 is 0 Å². The smallest absolute Gasteiger partial charge is 0.227 e. The topological polar surface area (TPSA) is 75.8 Å². The van der Waals surface area contributed by atoms with Gasteiger partial charge in [0.1, 0.15) is 0 Å². The summed E-state index contributed by atoms with van der Waals surface area (Å²) in [5.41, 5.74) is 6.15. The second-order valence-electron chi connectivity index (χ2n) is 6.09. The Morgan fingerprint density at radius 1 is 1.37 bits per heavy atom. The molecule has 0 bridgehead atoms. The van der Waals surface area contributed by atoms with Crippen LogP contribution in [0, 0.1) is 11.8 Å². The normalized spacial score (nSPS) is 40.2. The van der Waals surface area contributed by atoms with Gasteiger partial charge < -0.3 is 20.5 Å². The number of hydrogen-bond donors (Lipinski definition) is 2. The molecule has 2 fully saturated rings. The molecule has 1 aliphatic heterocycles. The molecule has 3 N–H and O–H groups in total. The highest BCUT2D eigenvalue weighted by Crippen LogP contribution is 2.31. The minimum Gasteiger partial charge on any atom is -0.394 e. The Bertz CT molecular complexity index is 314. The molecule has 0 aromatic carbocycles.